The van der Waals surface area contributed by atoms with Crippen molar-refractivity contribution in [2.75, 3.05) is 6.61 Å². The molecule has 0 radical (unpaired) electrons. The molecule has 1 aromatic rings. The lowest BCUT2D eigenvalue weighted by atomic mass is 9.86. The van der Waals surface area contributed by atoms with Crippen LogP contribution >= 0.6 is 11.6 Å². The van der Waals surface area contributed by atoms with E-state index in [-0.39, 0.29) is 35.0 Å². The van der Waals surface area contributed by atoms with E-state index in [1.807, 2.05) is 0 Å². The Balaban J connectivity index is 1.87. The fourth-order valence-corrected chi connectivity index (χ4v) is 2.87. The van der Waals surface area contributed by atoms with Gasteiger partial charge in [-0.05, 0) is 24.8 Å². The Bertz CT molecular complexity index is 564. The van der Waals surface area contributed by atoms with E-state index in [9.17, 15) is 14.9 Å². The van der Waals surface area contributed by atoms with Crippen LogP contribution in [-0.2, 0) is 4.79 Å². The monoisotopic (exact) mass is 326 g/mol. The van der Waals surface area contributed by atoms with Crippen molar-refractivity contribution < 1.29 is 14.5 Å². The quantitative estimate of drug-likeness (QED) is 0.664. The molecule has 120 valence electrons. The summed E-state index contributed by atoms with van der Waals surface area (Å²) in [5, 5.41) is 13.7. The van der Waals surface area contributed by atoms with E-state index in [0.29, 0.717) is 5.92 Å². The molecule has 2 rings (SSSR count). The van der Waals surface area contributed by atoms with E-state index >= 15 is 0 Å². The summed E-state index contributed by atoms with van der Waals surface area (Å²) in [4.78, 5) is 22.0. The van der Waals surface area contributed by atoms with Crippen LogP contribution in [0.25, 0.3) is 0 Å². The zero-order valence-corrected chi connectivity index (χ0v) is 13.1. The van der Waals surface area contributed by atoms with Gasteiger partial charge in [-0.3, -0.25) is 14.9 Å². The number of halogens is 1. The minimum Gasteiger partial charge on any atom is -0.482 e. The molecule has 1 aromatic carbocycles. The highest BCUT2D eigenvalue weighted by Gasteiger charge is 2.23. The number of nitro benzene ring substituents is 1. The molecular weight excluding hydrogens is 308 g/mol. The number of nitro groups is 1. The summed E-state index contributed by atoms with van der Waals surface area (Å²) in [6, 6.07) is 4.09. The maximum absolute atomic E-state index is 11.9. The van der Waals surface area contributed by atoms with Crippen molar-refractivity contribution in [2.45, 2.75) is 38.6 Å². The second kappa shape index (κ2) is 7.45. The van der Waals surface area contributed by atoms with Gasteiger partial charge >= 0.3 is 0 Å². The topological polar surface area (TPSA) is 81.5 Å². The van der Waals surface area contributed by atoms with Crippen LogP contribution in [0, 0.1) is 16.0 Å². The number of non-ortho nitro benzene ring substituents is 1. The first-order valence-electron chi connectivity index (χ1n) is 7.33. The van der Waals surface area contributed by atoms with E-state index in [2.05, 4.69) is 12.2 Å². The number of benzene rings is 1. The summed E-state index contributed by atoms with van der Waals surface area (Å²) < 4.78 is 5.34. The van der Waals surface area contributed by atoms with Gasteiger partial charge in [-0.2, -0.15) is 0 Å². The largest absolute Gasteiger partial charge is 0.482 e. The third-order valence-corrected chi connectivity index (χ3v) is 4.24. The first-order chi connectivity index (χ1) is 10.5. The molecule has 2 atom stereocenters. The predicted octanol–water partition coefficient (Wildman–Crippen LogP) is 3.32. The van der Waals surface area contributed by atoms with E-state index in [1.165, 1.54) is 24.6 Å². The molecule has 7 heteroatoms. The minimum atomic E-state index is -0.535. The van der Waals surface area contributed by atoms with Crippen molar-refractivity contribution in [1.82, 2.24) is 5.32 Å². The van der Waals surface area contributed by atoms with Crippen molar-refractivity contribution >= 4 is 23.2 Å². The Labute approximate surface area is 133 Å². The molecule has 0 spiro atoms. The molecule has 0 aromatic heterocycles. The molecule has 1 saturated carbocycles. The molecule has 22 heavy (non-hydrogen) atoms. The van der Waals surface area contributed by atoms with Gasteiger partial charge < -0.3 is 10.1 Å². The van der Waals surface area contributed by atoms with E-state index in [1.54, 1.807) is 0 Å². The first kappa shape index (κ1) is 16.5. The molecule has 1 aliphatic rings. The van der Waals surface area contributed by atoms with Crippen LogP contribution in [-0.4, -0.2) is 23.5 Å². The van der Waals surface area contributed by atoms with Gasteiger partial charge in [0.2, 0.25) is 0 Å². The second-order valence-corrected chi connectivity index (χ2v) is 6.00. The van der Waals surface area contributed by atoms with Gasteiger partial charge in [-0.15, -0.1) is 0 Å². The Morgan fingerprint density at radius 3 is 2.82 bits per heavy atom. The molecule has 1 amide bonds. The number of nitrogens with one attached hydrogen (secondary N) is 1. The zero-order chi connectivity index (χ0) is 16.1. The molecule has 0 heterocycles. The van der Waals surface area contributed by atoms with Crippen LogP contribution in [0.5, 0.6) is 5.75 Å². The van der Waals surface area contributed by atoms with Crippen LogP contribution in [0.2, 0.25) is 5.02 Å². The first-order valence-corrected chi connectivity index (χ1v) is 7.71. The third-order valence-electron chi connectivity index (χ3n) is 3.94. The van der Waals surface area contributed by atoms with E-state index in [0.717, 1.165) is 19.3 Å². The molecule has 1 N–H and O–H groups in total. The SMILES string of the molecule is C[C@H]1CCCC[C@@H]1NC(=O)COc1ccc([N+](=O)[O-])cc1Cl. The molecule has 1 aliphatic carbocycles. The maximum atomic E-state index is 11.9. The number of nitrogens with zero attached hydrogens (tertiary/aromatic N) is 1. The molecule has 6 nitrogen and oxygen atoms in total. The highest BCUT2D eigenvalue weighted by Crippen LogP contribution is 2.28. The van der Waals surface area contributed by atoms with Gasteiger partial charge in [-0.1, -0.05) is 31.4 Å². The predicted molar refractivity (Wildman–Crippen MR) is 83.2 cm³/mol. The molecule has 0 saturated heterocycles. The Kier molecular flexibility index (Phi) is 5.60. The number of rotatable bonds is 5. The van der Waals surface area contributed by atoms with Gasteiger partial charge in [0.25, 0.3) is 11.6 Å². The Hall–Kier alpha value is -1.82. The van der Waals surface area contributed by atoms with Crippen LogP contribution < -0.4 is 10.1 Å². The normalized spacial score (nSPS) is 21.2. The summed E-state index contributed by atoms with van der Waals surface area (Å²) in [5.41, 5.74) is -0.113. The number of hydrogen-bond donors (Lipinski definition) is 1. The molecule has 0 unspecified atom stereocenters. The molecule has 0 aliphatic heterocycles. The van der Waals surface area contributed by atoms with E-state index in [4.69, 9.17) is 16.3 Å². The van der Waals surface area contributed by atoms with Gasteiger partial charge in [0.05, 0.1) is 9.95 Å². The van der Waals surface area contributed by atoms with Gasteiger partial charge in [0, 0.05) is 18.2 Å². The number of carbonyl (C=O) groups is 1. The number of hydrogen-bond acceptors (Lipinski definition) is 4. The Morgan fingerprint density at radius 2 is 2.18 bits per heavy atom. The van der Waals surface area contributed by atoms with Crippen molar-refractivity contribution in [3.05, 3.63) is 33.3 Å². The van der Waals surface area contributed by atoms with Crippen LogP contribution in [0.3, 0.4) is 0 Å². The zero-order valence-electron chi connectivity index (χ0n) is 12.4. The summed E-state index contributed by atoms with van der Waals surface area (Å²) in [6.45, 7) is 1.99. The second-order valence-electron chi connectivity index (χ2n) is 5.60. The standard InChI is InChI=1S/C15H19ClN2O4/c1-10-4-2-3-5-13(10)17-15(19)9-22-14-7-6-11(18(20)21)8-12(14)16/h6-8,10,13H,2-5,9H2,1H3,(H,17,19)/t10-,13-/m0/s1. The third kappa shape index (κ3) is 4.34. The highest BCUT2D eigenvalue weighted by atomic mass is 35.5. The van der Waals surface area contributed by atoms with Crippen molar-refractivity contribution in [3.8, 4) is 5.75 Å². The fraction of sp³-hybridized carbons (Fsp3) is 0.533. The molecular formula is C15H19ClN2O4. The summed E-state index contributed by atoms with van der Waals surface area (Å²) in [6.07, 6.45) is 4.46. The minimum absolute atomic E-state index is 0.113. The van der Waals surface area contributed by atoms with Crippen LogP contribution in [0.4, 0.5) is 5.69 Å². The fourth-order valence-electron chi connectivity index (χ4n) is 2.64. The lowest BCUT2D eigenvalue weighted by molar-refractivity contribution is -0.384. The number of amides is 1. The number of carbonyl (C=O) groups excluding carboxylic acids is 1. The maximum Gasteiger partial charge on any atom is 0.271 e. The van der Waals surface area contributed by atoms with Gasteiger partial charge in [0.1, 0.15) is 5.75 Å². The average molecular weight is 327 g/mol. The highest BCUT2D eigenvalue weighted by molar-refractivity contribution is 6.32. The van der Waals surface area contributed by atoms with Crippen LogP contribution in [0.1, 0.15) is 32.6 Å². The summed E-state index contributed by atoms with van der Waals surface area (Å²) in [5.74, 6) is 0.535. The number of ether oxygens (including phenoxy) is 1. The molecule has 0 bridgehead atoms. The van der Waals surface area contributed by atoms with Crippen molar-refractivity contribution in [3.63, 3.8) is 0 Å². The summed E-state index contributed by atoms with van der Waals surface area (Å²) in [7, 11) is 0. The molecule has 1 fully saturated rings. The smallest absolute Gasteiger partial charge is 0.271 e. The van der Waals surface area contributed by atoms with Crippen molar-refractivity contribution in [2.24, 2.45) is 5.92 Å². The Morgan fingerprint density at radius 1 is 1.45 bits per heavy atom. The van der Waals surface area contributed by atoms with Crippen molar-refractivity contribution in [1.29, 1.82) is 0 Å². The van der Waals surface area contributed by atoms with Gasteiger partial charge in [0.15, 0.2) is 6.61 Å². The lowest BCUT2D eigenvalue weighted by Crippen LogP contribution is -2.43. The lowest BCUT2D eigenvalue weighted by Gasteiger charge is -2.29. The average Bonchev–Trinajstić information content (AvgIpc) is 2.48. The van der Waals surface area contributed by atoms with Crippen LogP contribution in [0.15, 0.2) is 18.2 Å². The summed E-state index contributed by atoms with van der Waals surface area (Å²) >= 11 is 5.91. The van der Waals surface area contributed by atoms with E-state index < -0.39 is 4.92 Å². The van der Waals surface area contributed by atoms with Gasteiger partial charge in [-0.25, -0.2) is 0 Å².